The van der Waals surface area contributed by atoms with Gasteiger partial charge in [0.05, 0.1) is 17.0 Å². The number of likely N-dealkylation sites (tertiary alicyclic amines) is 1. The Kier molecular flexibility index (Phi) is 5.89. The Bertz CT molecular complexity index is 1290. The minimum absolute atomic E-state index is 0.0505. The van der Waals surface area contributed by atoms with Crippen molar-refractivity contribution in [2.45, 2.75) is 59.2 Å². The Morgan fingerprint density at radius 2 is 1.92 bits per heavy atom. The number of nitrogens with zero attached hydrogens (tertiary/aromatic N) is 4. The van der Waals surface area contributed by atoms with E-state index in [0.29, 0.717) is 38.4 Å². The van der Waals surface area contributed by atoms with Crippen molar-refractivity contribution in [2.75, 3.05) is 24.5 Å². The fraction of sp³-hybridized carbons (Fsp3) is 0.481. The highest BCUT2D eigenvalue weighted by atomic mass is 16.6. The maximum absolute atomic E-state index is 13.6. The number of pyridine rings is 1. The molecule has 9 heteroatoms. The molecule has 1 N–H and O–H groups in total. The summed E-state index contributed by atoms with van der Waals surface area (Å²) in [6, 6.07) is 9.67. The molecule has 2 saturated heterocycles. The maximum Gasteiger partial charge on any atom is 0.410 e. The van der Waals surface area contributed by atoms with Gasteiger partial charge in [-0.3, -0.25) is 9.89 Å². The van der Waals surface area contributed by atoms with Crippen molar-refractivity contribution < 1.29 is 19.1 Å². The highest BCUT2D eigenvalue weighted by Gasteiger charge is 2.52. The average Bonchev–Trinajstić information content (AvgIpc) is 3.51. The highest BCUT2D eigenvalue weighted by Crippen LogP contribution is 2.43. The van der Waals surface area contributed by atoms with Gasteiger partial charge in [0, 0.05) is 48.5 Å². The standard InChI is InChI=1S/C27H33N5O4/c1-17(2)35-22-9-6-18(15-28-22)23-20-14-19(7-8-21(20)29-30-23)32-13-11-27(24(32)33)10-12-31(16-27)25(34)36-26(3,4)5/h6-9,14-15,17H,10-13,16H2,1-5H3,(H,29,30). The molecular formula is C27H33N5O4. The van der Waals surface area contributed by atoms with Crippen LogP contribution in [0.5, 0.6) is 5.88 Å². The molecule has 0 radical (unpaired) electrons. The molecule has 1 spiro atoms. The average molecular weight is 492 g/mol. The molecule has 1 atom stereocenters. The van der Waals surface area contributed by atoms with Gasteiger partial charge in [-0.2, -0.15) is 5.10 Å². The number of ether oxygens (including phenoxy) is 2. The number of anilines is 1. The summed E-state index contributed by atoms with van der Waals surface area (Å²) in [6.45, 7) is 11.0. The number of hydrogen-bond donors (Lipinski definition) is 1. The lowest BCUT2D eigenvalue weighted by atomic mass is 9.85. The molecule has 0 aliphatic carbocycles. The summed E-state index contributed by atoms with van der Waals surface area (Å²) in [7, 11) is 0. The molecule has 4 heterocycles. The van der Waals surface area contributed by atoms with Crippen molar-refractivity contribution in [3.05, 3.63) is 36.5 Å². The quantitative estimate of drug-likeness (QED) is 0.564. The van der Waals surface area contributed by atoms with E-state index in [-0.39, 0.29) is 18.1 Å². The summed E-state index contributed by atoms with van der Waals surface area (Å²) in [4.78, 5) is 34.1. The predicted octanol–water partition coefficient (Wildman–Crippen LogP) is 4.78. The van der Waals surface area contributed by atoms with Gasteiger partial charge in [0.2, 0.25) is 11.8 Å². The Labute approximate surface area is 210 Å². The zero-order valence-corrected chi connectivity index (χ0v) is 21.5. The van der Waals surface area contributed by atoms with Crippen molar-refractivity contribution in [2.24, 2.45) is 5.41 Å². The summed E-state index contributed by atoms with van der Waals surface area (Å²) in [5.41, 5.74) is 2.23. The Hall–Kier alpha value is -3.62. The molecule has 2 aliphatic heterocycles. The number of carbonyl (C=O) groups excluding carboxylic acids is 2. The first kappa shape index (κ1) is 24.1. The lowest BCUT2D eigenvalue weighted by Crippen LogP contribution is -2.40. The summed E-state index contributed by atoms with van der Waals surface area (Å²) in [5, 5.41) is 8.50. The second-order valence-corrected chi connectivity index (χ2v) is 11.0. The van der Waals surface area contributed by atoms with Crippen molar-refractivity contribution in [3.8, 4) is 17.1 Å². The van der Waals surface area contributed by atoms with E-state index < -0.39 is 11.0 Å². The zero-order valence-electron chi connectivity index (χ0n) is 21.5. The van der Waals surface area contributed by atoms with Crippen LogP contribution in [0.2, 0.25) is 0 Å². The van der Waals surface area contributed by atoms with Gasteiger partial charge in [-0.1, -0.05) is 0 Å². The monoisotopic (exact) mass is 491 g/mol. The minimum atomic E-state index is -0.562. The molecule has 36 heavy (non-hydrogen) atoms. The molecule has 9 nitrogen and oxygen atoms in total. The van der Waals surface area contributed by atoms with Crippen LogP contribution < -0.4 is 9.64 Å². The third kappa shape index (κ3) is 4.50. The van der Waals surface area contributed by atoms with E-state index in [9.17, 15) is 9.59 Å². The number of aromatic nitrogens is 3. The molecule has 2 fully saturated rings. The lowest BCUT2D eigenvalue weighted by Gasteiger charge is -2.26. The van der Waals surface area contributed by atoms with Gasteiger partial charge < -0.3 is 19.3 Å². The SMILES string of the molecule is CC(C)Oc1ccc(-c2n[nH]c3ccc(N4CCC5(CCN(C(=O)OC(C)(C)C)C5)C4=O)cc23)cn1. The number of carbonyl (C=O) groups is 2. The van der Waals surface area contributed by atoms with Gasteiger partial charge in [0.1, 0.15) is 11.3 Å². The molecule has 190 valence electrons. The third-order valence-electron chi connectivity index (χ3n) is 6.74. The molecule has 1 aromatic carbocycles. The first-order valence-electron chi connectivity index (χ1n) is 12.5. The van der Waals surface area contributed by atoms with E-state index in [4.69, 9.17) is 9.47 Å². The van der Waals surface area contributed by atoms with Gasteiger partial charge in [0.25, 0.3) is 0 Å². The van der Waals surface area contributed by atoms with Crippen molar-refractivity contribution in [1.82, 2.24) is 20.1 Å². The summed E-state index contributed by atoms with van der Waals surface area (Å²) < 4.78 is 11.2. The summed E-state index contributed by atoms with van der Waals surface area (Å²) in [6.07, 6.45) is 2.81. The second-order valence-electron chi connectivity index (χ2n) is 11.0. The number of fused-ring (bicyclic) bond motifs is 1. The molecule has 2 aliphatic rings. The van der Waals surface area contributed by atoms with E-state index in [1.165, 1.54) is 0 Å². The third-order valence-corrected chi connectivity index (χ3v) is 6.74. The fourth-order valence-electron chi connectivity index (χ4n) is 5.02. The van der Waals surface area contributed by atoms with Crippen LogP contribution in [0, 0.1) is 5.41 Å². The molecular weight excluding hydrogens is 458 g/mol. The number of nitrogens with one attached hydrogen (secondary N) is 1. The smallest absolute Gasteiger partial charge is 0.410 e. The van der Waals surface area contributed by atoms with Gasteiger partial charge >= 0.3 is 6.09 Å². The molecule has 2 amide bonds. The van der Waals surface area contributed by atoms with Crippen LogP contribution in [0.1, 0.15) is 47.5 Å². The van der Waals surface area contributed by atoms with E-state index in [0.717, 1.165) is 27.8 Å². The molecule has 0 bridgehead atoms. The highest BCUT2D eigenvalue weighted by molar-refractivity contribution is 6.03. The number of benzene rings is 1. The van der Waals surface area contributed by atoms with Gasteiger partial charge in [-0.25, -0.2) is 9.78 Å². The summed E-state index contributed by atoms with van der Waals surface area (Å²) in [5.74, 6) is 0.633. The van der Waals surface area contributed by atoms with Crippen LogP contribution in [-0.2, 0) is 9.53 Å². The summed E-state index contributed by atoms with van der Waals surface area (Å²) >= 11 is 0. The number of hydrogen-bond acceptors (Lipinski definition) is 6. The first-order valence-corrected chi connectivity index (χ1v) is 12.5. The fourth-order valence-corrected chi connectivity index (χ4v) is 5.02. The number of rotatable bonds is 4. The zero-order chi connectivity index (χ0) is 25.7. The van der Waals surface area contributed by atoms with Crippen molar-refractivity contribution in [3.63, 3.8) is 0 Å². The molecule has 5 rings (SSSR count). The van der Waals surface area contributed by atoms with Gasteiger partial charge in [0.15, 0.2) is 0 Å². The van der Waals surface area contributed by atoms with E-state index in [1.54, 1.807) is 11.1 Å². The van der Waals surface area contributed by atoms with Crippen LogP contribution in [0.3, 0.4) is 0 Å². The minimum Gasteiger partial charge on any atom is -0.475 e. The molecule has 0 saturated carbocycles. The molecule has 2 aromatic heterocycles. The van der Waals surface area contributed by atoms with E-state index >= 15 is 0 Å². The van der Waals surface area contributed by atoms with E-state index in [2.05, 4.69) is 15.2 Å². The number of H-pyrrole nitrogens is 1. The predicted molar refractivity (Wildman–Crippen MR) is 137 cm³/mol. The normalized spacial score (nSPS) is 20.2. The largest absolute Gasteiger partial charge is 0.475 e. The molecule has 3 aromatic rings. The van der Waals surface area contributed by atoms with Crippen LogP contribution in [0.15, 0.2) is 36.5 Å². The Morgan fingerprint density at radius 1 is 1.14 bits per heavy atom. The van der Waals surface area contributed by atoms with Crippen LogP contribution >= 0.6 is 0 Å². The lowest BCUT2D eigenvalue weighted by molar-refractivity contribution is -0.124. The van der Waals surface area contributed by atoms with Gasteiger partial charge in [-0.15, -0.1) is 0 Å². The molecule has 1 unspecified atom stereocenters. The number of amides is 2. The van der Waals surface area contributed by atoms with Crippen LogP contribution in [-0.4, -0.2) is 63.4 Å². The van der Waals surface area contributed by atoms with Crippen molar-refractivity contribution in [1.29, 1.82) is 0 Å². The Morgan fingerprint density at radius 3 is 2.61 bits per heavy atom. The number of aromatic amines is 1. The maximum atomic E-state index is 13.6. The van der Waals surface area contributed by atoms with E-state index in [1.807, 2.05) is 69.9 Å². The van der Waals surface area contributed by atoms with Crippen molar-refractivity contribution >= 4 is 28.6 Å². The first-order chi connectivity index (χ1) is 17.0. The topological polar surface area (TPSA) is 101 Å². The van der Waals surface area contributed by atoms with Crippen LogP contribution in [0.25, 0.3) is 22.2 Å². The van der Waals surface area contributed by atoms with Crippen LogP contribution in [0.4, 0.5) is 10.5 Å². The second kappa shape index (κ2) is 8.80. The Balaban J connectivity index is 1.36. The van der Waals surface area contributed by atoms with Gasteiger partial charge in [-0.05, 0) is 71.7 Å².